The number of nitrogens with zero attached hydrogens (tertiary/aromatic N) is 1. The molecule has 1 atom stereocenters. The Hall–Kier alpha value is -1.82. The van der Waals surface area contributed by atoms with Gasteiger partial charge in [-0.25, -0.2) is 4.39 Å². The van der Waals surface area contributed by atoms with E-state index in [1.807, 2.05) is 13.8 Å². The molecule has 5 nitrogen and oxygen atoms in total. The van der Waals surface area contributed by atoms with Crippen LogP contribution in [0, 0.1) is 5.82 Å². The van der Waals surface area contributed by atoms with E-state index in [2.05, 4.69) is 15.6 Å². The maximum Gasteiger partial charge on any atom is 0.191 e. The SMILES string of the molecule is CCNC(=NCCCOc1ccc(F)cc1)NC(C)COC. The maximum absolute atomic E-state index is 12.8. The first-order valence-electron chi connectivity index (χ1n) is 7.57. The van der Waals surface area contributed by atoms with Gasteiger partial charge in [-0.05, 0) is 38.1 Å². The molecule has 1 rings (SSSR count). The Bertz CT molecular complexity index is 438. The molecule has 1 aromatic rings. The number of nitrogens with one attached hydrogen (secondary N) is 2. The van der Waals surface area contributed by atoms with Crippen molar-refractivity contribution < 1.29 is 13.9 Å². The summed E-state index contributed by atoms with van der Waals surface area (Å²) in [4.78, 5) is 4.48. The summed E-state index contributed by atoms with van der Waals surface area (Å²) in [7, 11) is 1.68. The van der Waals surface area contributed by atoms with E-state index in [0.717, 1.165) is 18.9 Å². The van der Waals surface area contributed by atoms with E-state index in [0.29, 0.717) is 25.5 Å². The van der Waals surface area contributed by atoms with Gasteiger partial charge in [0.25, 0.3) is 0 Å². The van der Waals surface area contributed by atoms with Crippen LogP contribution in [0.3, 0.4) is 0 Å². The lowest BCUT2D eigenvalue weighted by molar-refractivity contribution is 0.179. The van der Waals surface area contributed by atoms with Gasteiger partial charge in [-0.1, -0.05) is 0 Å². The number of hydrogen-bond donors (Lipinski definition) is 2. The number of benzene rings is 1. The van der Waals surface area contributed by atoms with Crippen LogP contribution >= 0.6 is 0 Å². The minimum absolute atomic E-state index is 0.193. The molecule has 0 amide bonds. The summed E-state index contributed by atoms with van der Waals surface area (Å²) in [6.45, 7) is 6.68. The van der Waals surface area contributed by atoms with Gasteiger partial charge in [0.15, 0.2) is 5.96 Å². The lowest BCUT2D eigenvalue weighted by Gasteiger charge is -2.17. The van der Waals surface area contributed by atoms with E-state index in [1.165, 1.54) is 12.1 Å². The molecule has 0 bridgehead atoms. The average Bonchev–Trinajstić information content (AvgIpc) is 2.49. The standard InChI is InChI=1S/C16H26FN3O2/c1-4-18-16(20-13(2)12-21-3)19-10-5-11-22-15-8-6-14(17)7-9-15/h6-9,13H,4-5,10-12H2,1-3H3,(H2,18,19,20). The monoisotopic (exact) mass is 311 g/mol. The highest BCUT2D eigenvalue weighted by atomic mass is 19.1. The summed E-state index contributed by atoms with van der Waals surface area (Å²) < 4.78 is 23.4. The second-order valence-electron chi connectivity index (χ2n) is 4.92. The third-order valence-corrected chi connectivity index (χ3v) is 2.80. The van der Waals surface area contributed by atoms with Gasteiger partial charge in [0.2, 0.25) is 0 Å². The fraction of sp³-hybridized carbons (Fsp3) is 0.562. The van der Waals surface area contributed by atoms with E-state index >= 15 is 0 Å². The summed E-state index contributed by atoms with van der Waals surface area (Å²) in [6.07, 6.45) is 0.784. The highest BCUT2D eigenvalue weighted by Gasteiger charge is 2.03. The van der Waals surface area contributed by atoms with Crippen LogP contribution in [-0.2, 0) is 4.74 Å². The predicted octanol–water partition coefficient (Wildman–Crippen LogP) is 2.18. The van der Waals surface area contributed by atoms with E-state index < -0.39 is 0 Å². The molecule has 0 aliphatic rings. The van der Waals surface area contributed by atoms with Crippen molar-refractivity contribution in [2.24, 2.45) is 4.99 Å². The van der Waals surface area contributed by atoms with E-state index in [9.17, 15) is 4.39 Å². The van der Waals surface area contributed by atoms with Crippen molar-refractivity contribution in [3.63, 3.8) is 0 Å². The molecule has 0 spiro atoms. The van der Waals surface area contributed by atoms with Gasteiger partial charge in [0, 0.05) is 32.7 Å². The molecule has 124 valence electrons. The largest absolute Gasteiger partial charge is 0.494 e. The summed E-state index contributed by atoms with van der Waals surface area (Å²) in [6, 6.07) is 6.21. The zero-order chi connectivity index (χ0) is 16.2. The number of halogens is 1. The zero-order valence-corrected chi connectivity index (χ0v) is 13.6. The highest BCUT2D eigenvalue weighted by molar-refractivity contribution is 5.80. The quantitative estimate of drug-likeness (QED) is 0.417. The summed E-state index contributed by atoms with van der Waals surface area (Å²) in [5.74, 6) is 1.18. The van der Waals surface area contributed by atoms with Crippen LogP contribution in [-0.4, -0.2) is 45.4 Å². The van der Waals surface area contributed by atoms with Gasteiger partial charge in [-0.3, -0.25) is 4.99 Å². The first-order valence-corrected chi connectivity index (χ1v) is 7.57. The zero-order valence-electron chi connectivity index (χ0n) is 13.6. The van der Waals surface area contributed by atoms with Gasteiger partial charge < -0.3 is 20.1 Å². The predicted molar refractivity (Wildman–Crippen MR) is 87.0 cm³/mol. The highest BCUT2D eigenvalue weighted by Crippen LogP contribution is 2.10. The topological polar surface area (TPSA) is 54.9 Å². The molecule has 1 aromatic carbocycles. The van der Waals surface area contributed by atoms with Gasteiger partial charge in [0.05, 0.1) is 13.2 Å². The first kappa shape index (κ1) is 18.2. The Morgan fingerprint density at radius 3 is 2.68 bits per heavy atom. The Labute approximate surface area is 131 Å². The van der Waals surface area contributed by atoms with Crippen molar-refractivity contribution in [2.45, 2.75) is 26.3 Å². The Morgan fingerprint density at radius 2 is 2.05 bits per heavy atom. The van der Waals surface area contributed by atoms with Crippen molar-refractivity contribution in [1.82, 2.24) is 10.6 Å². The molecule has 1 unspecified atom stereocenters. The van der Waals surface area contributed by atoms with Crippen molar-refractivity contribution in [1.29, 1.82) is 0 Å². The smallest absolute Gasteiger partial charge is 0.191 e. The maximum atomic E-state index is 12.8. The fourth-order valence-corrected chi connectivity index (χ4v) is 1.82. The molecule has 22 heavy (non-hydrogen) atoms. The molecular formula is C16H26FN3O2. The lowest BCUT2D eigenvalue weighted by Crippen LogP contribution is -2.44. The summed E-state index contributed by atoms with van der Waals surface area (Å²) in [5.41, 5.74) is 0. The van der Waals surface area contributed by atoms with Gasteiger partial charge in [-0.15, -0.1) is 0 Å². The molecule has 2 N–H and O–H groups in total. The lowest BCUT2D eigenvalue weighted by atomic mass is 10.3. The van der Waals surface area contributed by atoms with Crippen LogP contribution in [0.2, 0.25) is 0 Å². The molecule has 0 saturated carbocycles. The molecule has 6 heteroatoms. The summed E-state index contributed by atoms with van der Waals surface area (Å²) >= 11 is 0. The van der Waals surface area contributed by atoms with Crippen LogP contribution in [0.5, 0.6) is 5.75 Å². The Balaban J connectivity index is 2.29. The molecular weight excluding hydrogens is 285 g/mol. The number of guanidine groups is 1. The van der Waals surface area contributed by atoms with Gasteiger partial charge >= 0.3 is 0 Å². The average molecular weight is 311 g/mol. The van der Waals surface area contributed by atoms with Crippen LogP contribution in [0.1, 0.15) is 20.3 Å². The van der Waals surface area contributed by atoms with E-state index in [1.54, 1.807) is 19.2 Å². The fourth-order valence-electron chi connectivity index (χ4n) is 1.82. The first-order chi connectivity index (χ1) is 10.7. The molecule has 0 radical (unpaired) electrons. The van der Waals surface area contributed by atoms with Crippen molar-refractivity contribution >= 4 is 5.96 Å². The molecule has 0 heterocycles. The molecule has 0 aliphatic carbocycles. The van der Waals surface area contributed by atoms with E-state index in [-0.39, 0.29) is 11.9 Å². The second-order valence-corrected chi connectivity index (χ2v) is 4.92. The number of hydrogen-bond acceptors (Lipinski definition) is 3. The minimum Gasteiger partial charge on any atom is -0.494 e. The van der Waals surface area contributed by atoms with Crippen LogP contribution in [0.25, 0.3) is 0 Å². The van der Waals surface area contributed by atoms with E-state index in [4.69, 9.17) is 9.47 Å². The molecule has 0 fully saturated rings. The summed E-state index contributed by atoms with van der Waals surface area (Å²) in [5, 5.41) is 6.45. The van der Waals surface area contributed by atoms with Crippen molar-refractivity contribution in [2.75, 3.05) is 33.4 Å². The van der Waals surface area contributed by atoms with Crippen LogP contribution in [0.4, 0.5) is 4.39 Å². The Morgan fingerprint density at radius 1 is 1.32 bits per heavy atom. The number of aliphatic imine (C=N–C) groups is 1. The van der Waals surface area contributed by atoms with Gasteiger partial charge in [-0.2, -0.15) is 0 Å². The number of ether oxygens (including phenoxy) is 2. The minimum atomic E-state index is -0.261. The van der Waals surface area contributed by atoms with Gasteiger partial charge in [0.1, 0.15) is 11.6 Å². The third kappa shape index (κ3) is 7.83. The molecule has 0 aliphatic heterocycles. The number of methoxy groups -OCH3 is 1. The molecule has 0 saturated heterocycles. The molecule has 0 aromatic heterocycles. The Kier molecular flexibility index (Phi) is 8.98. The number of rotatable bonds is 9. The normalized spacial score (nSPS) is 12.8. The third-order valence-electron chi connectivity index (χ3n) is 2.80. The van der Waals surface area contributed by atoms with Crippen molar-refractivity contribution in [3.05, 3.63) is 30.1 Å². The van der Waals surface area contributed by atoms with Crippen LogP contribution in [0.15, 0.2) is 29.3 Å². The second kappa shape index (κ2) is 10.8. The van der Waals surface area contributed by atoms with Crippen molar-refractivity contribution in [3.8, 4) is 5.75 Å². The van der Waals surface area contributed by atoms with Crippen LogP contribution < -0.4 is 15.4 Å².